The van der Waals surface area contributed by atoms with Gasteiger partial charge in [-0.1, -0.05) is 51.9 Å². The van der Waals surface area contributed by atoms with Crippen LogP contribution in [-0.4, -0.2) is 77.1 Å². The fraction of sp³-hybridized carbons (Fsp3) is 0.950. The number of rotatable bonds is 23. The Morgan fingerprint density at radius 1 is 0.556 bits per heavy atom. The molecule has 0 heterocycles. The van der Waals surface area contributed by atoms with Gasteiger partial charge in [0.25, 0.3) is 0 Å². The summed E-state index contributed by atoms with van der Waals surface area (Å²) in [5.74, 6) is -0.975. The van der Waals surface area contributed by atoms with Crippen molar-refractivity contribution in [1.82, 2.24) is 0 Å². The normalized spacial score (nSPS) is 11.1. The largest absolute Gasteiger partial charge is 0.480 e. The molecule has 0 rings (SSSR count). The minimum Gasteiger partial charge on any atom is -0.480 e. The Labute approximate surface area is 164 Å². The highest BCUT2D eigenvalue weighted by Crippen LogP contribution is 2.08. The first-order valence-electron chi connectivity index (χ1n) is 10.4. The van der Waals surface area contributed by atoms with Gasteiger partial charge in [-0.05, 0) is 6.42 Å². The van der Waals surface area contributed by atoms with Gasteiger partial charge in [-0.25, -0.2) is 4.79 Å². The molecule has 1 N–H and O–H groups in total. The van der Waals surface area contributed by atoms with Gasteiger partial charge in [-0.3, -0.25) is 0 Å². The fourth-order valence-corrected chi connectivity index (χ4v) is 2.38. The molecule has 7 heteroatoms. The number of hydrogen-bond acceptors (Lipinski definition) is 6. The summed E-state index contributed by atoms with van der Waals surface area (Å²) in [5.41, 5.74) is 0. The average Bonchev–Trinajstić information content (AvgIpc) is 2.65. The number of aliphatic carboxylic acids is 1. The fourth-order valence-electron chi connectivity index (χ4n) is 2.38. The third-order valence-corrected chi connectivity index (χ3v) is 3.86. The van der Waals surface area contributed by atoms with Crippen LogP contribution in [0.5, 0.6) is 0 Å². The highest BCUT2D eigenvalue weighted by Gasteiger charge is 1.96. The van der Waals surface area contributed by atoms with Crippen LogP contribution in [0.1, 0.15) is 58.3 Å². The standard InChI is InChI=1S/C20H40O7/c1-2-3-4-5-6-7-8-9-10-23-11-12-24-13-14-25-15-16-26-17-18-27-19-20(21)22/h2-19H2,1H3,(H,21,22). The van der Waals surface area contributed by atoms with Crippen LogP contribution < -0.4 is 0 Å². The number of ether oxygens (including phenoxy) is 5. The lowest BCUT2D eigenvalue weighted by molar-refractivity contribution is -0.142. The van der Waals surface area contributed by atoms with Crippen molar-refractivity contribution >= 4 is 5.97 Å². The summed E-state index contributed by atoms with van der Waals surface area (Å²) < 4.78 is 26.4. The first kappa shape index (κ1) is 26.3. The maximum Gasteiger partial charge on any atom is 0.329 e. The van der Waals surface area contributed by atoms with Gasteiger partial charge in [0.15, 0.2) is 0 Å². The maximum absolute atomic E-state index is 10.2. The smallest absolute Gasteiger partial charge is 0.329 e. The number of carboxylic acids is 1. The Kier molecular flexibility index (Phi) is 22.7. The molecule has 27 heavy (non-hydrogen) atoms. The molecule has 0 aliphatic carbocycles. The maximum atomic E-state index is 10.2. The van der Waals surface area contributed by atoms with Crippen molar-refractivity contribution in [3.63, 3.8) is 0 Å². The van der Waals surface area contributed by atoms with Gasteiger partial charge >= 0.3 is 5.97 Å². The SMILES string of the molecule is CCCCCCCCCCOCCOCCOCCOCCOCC(=O)O. The number of carboxylic acid groups (broad SMARTS) is 1. The van der Waals surface area contributed by atoms with Crippen LogP contribution in [0.3, 0.4) is 0 Å². The van der Waals surface area contributed by atoms with Crippen molar-refractivity contribution in [3.8, 4) is 0 Å². The molecule has 0 radical (unpaired) electrons. The molecule has 0 saturated heterocycles. The Morgan fingerprint density at radius 2 is 0.926 bits per heavy atom. The lowest BCUT2D eigenvalue weighted by Crippen LogP contribution is -2.14. The van der Waals surface area contributed by atoms with Gasteiger partial charge < -0.3 is 28.8 Å². The van der Waals surface area contributed by atoms with E-state index in [4.69, 9.17) is 28.8 Å². The second-order valence-electron chi connectivity index (χ2n) is 6.37. The third kappa shape index (κ3) is 25.3. The van der Waals surface area contributed by atoms with Crippen LogP contribution in [0.15, 0.2) is 0 Å². The van der Waals surface area contributed by atoms with Crippen LogP contribution in [0.25, 0.3) is 0 Å². The zero-order valence-corrected chi connectivity index (χ0v) is 17.1. The highest BCUT2D eigenvalue weighted by molar-refractivity contribution is 5.67. The Hall–Kier alpha value is -0.730. The number of unbranched alkanes of at least 4 members (excludes halogenated alkanes) is 7. The van der Waals surface area contributed by atoms with Crippen molar-refractivity contribution in [2.24, 2.45) is 0 Å². The van der Waals surface area contributed by atoms with E-state index in [9.17, 15) is 4.79 Å². The molecular weight excluding hydrogens is 352 g/mol. The summed E-state index contributed by atoms with van der Waals surface area (Å²) in [6.45, 7) is 6.65. The van der Waals surface area contributed by atoms with E-state index in [1.54, 1.807) is 0 Å². The van der Waals surface area contributed by atoms with Crippen molar-refractivity contribution in [3.05, 3.63) is 0 Å². The summed E-state index contributed by atoms with van der Waals surface area (Å²) in [6, 6.07) is 0. The Morgan fingerprint density at radius 3 is 1.37 bits per heavy atom. The van der Waals surface area contributed by atoms with E-state index in [0.717, 1.165) is 13.0 Å². The molecule has 0 aliphatic heterocycles. The summed E-state index contributed by atoms with van der Waals surface area (Å²) in [5, 5.41) is 8.37. The summed E-state index contributed by atoms with van der Waals surface area (Å²) in [6.07, 6.45) is 10.5. The van der Waals surface area contributed by atoms with E-state index in [2.05, 4.69) is 6.92 Å². The van der Waals surface area contributed by atoms with Gasteiger partial charge in [0.05, 0.1) is 52.9 Å². The van der Waals surface area contributed by atoms with Crippen molar-refractivity contribution in [1.29, 1.82) is 0 Å². The molecule has 0 fully saturated rings. The van der Waals surface area contributed by atoms with Gasteiger partial charge in [-0.2, -0.15) is 0 Å². The zero-order chi connectivity index (χ0) is 19.8. The molecule has 0 amide bonds. The van der Waals surface area contributed by atoms with Crippen LogP contribution in [0.4, 0.5) is 0 Å². The van der Waals surface area contributed by atoms with Gasteiger partial charge in [0, 0.05) is 6.61 Å². The van der Waals surface area contributed by atoms with E-state index < -0.39 is 5.97 Å². The predicted molar refractivity (Wildman–Crippen MR) is 104 cm³/mol. The summed E-state index contributed by atoms with van der Waals surface area (Å²) in [4.78, 5) is 10.2. The van der Waals surface area contributed by atoms with Crippen molar-refractivity contribution in [2.45, 2.75) is 58.3 Å². The molecular formula is C20H40O7. The first-order valence-corrected chi connectivity index (χ1v) is 10.4. The Bertz CT molecular complexity index is 300. The first-order chi connectivity index (χ1) is 13.3. The molecule has 162 valence electrons. The molecule has 0 atom stereocenters. The molecule has 0 unspecified atom stereocenters. The molecule has 0 bridgehead atoms. The predicted octanol–water partition coefficient (Wildman–Crippen LogP) is 3.29. The zero-order valence-electron chi connectivity index (χ0n) is 17.1. The number of hydrogen-bond donors (Lipinski definition) is 1. The topological polar surface area (TPSA) is 83.5 Å². The molecule has 7 nitrogen and oxygen atoms in total. The second-order valence-corrected chi connectivity index (χ2v) is 6.37. The molecule has 0 saturated carbocycles. The average molecular weight is 393 g/mol. The van der Waals surface area contributed by atoms with Crippen LogP contribution in [-0.2, 0) is 28.5 Å². The van der Waals surface area contributed by atoms with Crippen molar-refractivity contribution < 1.29 is 33.6 Å². The highest BCUT2D eigenvalue weighted by atomic mass is 16.6. The number of carbonyl (C=O) groups is 1. The van der Waals surface area contributed by atoms with Gasteiger partial charge in [0.1, 0.15) is 6.61 Å². The van der Waals surface area contributed by atoms with E-state index in [-0.39, 0.29) is 13.2 Å². The molecule has 0 spiro atoms. The van der Waals surface area contributed by atoms with Crippen molar-refractivity contribution in [2.75, 3.05) is 66.1 Å². The van der Waals surface area contributed by atoms with Crippen LogP contribution >= 0.6 is 0 Å². The molecule has 0 aromatic heterocycles. The van der Waals surface area contributed by atoms with Crippen LogP contribution in [0, 0.1) is 0 Å². The van der Waals surface area contributed by atoms with E-state index >= 15 is 0 Å². The molecule has 0 aromatic rings. The quantitative estimate of drug-likeness (QED) is 0.267. The monoisotopic (exact) mass is 392 g/mol. The lowest BCUT2D eigenvalue weighted by atomic mass is 10.1. The Balaban J connectivity index is 2.98. The second kappa shape index (κ2) is 23.3. The molecule has 0 aliphatic rings. The van der Waals surface area contributed by atoms with E-state index in [1.165, 1.54) is 44.9 Å². The minimum absolute atomic E-state index is 0.272. The minimum atomic E-state index is -0.975. The van der Waals surface area contributed by atoms with Crippen LogP contribution in [0.2, 0.25) is 0 Å². The van der Waals surface area contributed by atoms with Gasteiger partial charge in [-0.15, -0.1) is 0 Å². The summed E-state index contributed by atoms with van der Waals surface area (Å²) in [7, 11) is 0. The lowest BCUT2D eigenvalue weighted by Gasteiger charge is -2.07. The molecule has 0 aromatic carbocycles. The van der Waals surface area contributed by atoms with Gasteiger partial charge in [0.2, 0.25) is 0 Å². The van der Waals surface area contributed by atoms with E-state index in [0.29, 0.717) is 46.2 Å². The van der Waals surface area contributed by atoms with E-state index in [1.807, 2.05) is 0 Å². The third-order valence-electron chi connectivity index (χ3n) is 3.86. The summed E-state index contributed by atoms with van der Waals surface area (Å²) >= 11 is 0.